The maximum atomic E-state index is 12.4. The third-order valence-electron chi connectivity index (χ3n) is 2.34. The summed E-state index contributed by atoms with van der Waals surface area (Å²) >= 11 is 0. The molecule has 0 unspecified atom stereocenters. The molecule has 60 valence electrons. The highest BCUT2D eigenvalue weighted by Crippen LogP contribution is 2.59. The van der Waals surface area contributed by atoms with Gasteiger partial charge < -0.3 is 0 Å². The van der Waals surface area contributed by atoms with Crippen LogP contribution in [0.5, 0.6) is 0 Å². The standard InChI is InChI=1S/C4H8F4Si2/c1-3-4(2)10(7,8)9(3,5)6/h3-4H,1-2H3/t3-,4+. The molecule has 1 aliphatic heterocycles. The Morgan fingerprint density at radius 1 is 0.800 bits per heavy atom. The summed E-state index contributed by atoms with van der Waals surface area (Å²) in [6, 6.07) is 0. The summed E-state index contributed by atoms with van der Waals surface area (Å²) < 4.78 is 49.6. The van der Waals surface area contributed by atoms with E-state index in [9.17, 15) is 16.4 Å². The van der Waals surface area contributed by atoms with E-state index >= 15 is 0 Å². The number of hydrogen-bond acceptors (Lipinski definition) is 0. The quantitative estimate of drug-likeness (QED) is 0.311. The van der Waals surface area contributed by atoms with Crippen molar-refractivity contribution in [2.24, 2.45) is 0 Å². The van der Waals surface area contributed by atoms with Gasteiger partial charge in [-0.25, -0.2) is 0 Å². The predicted octanol–water partition coefficient (Wildman–Crippen LogP) is 2.62. The van der Waals surface area contributed by atoms with E-state index in [1.165, 1.54) is 13.8 Å². The molecule has 10 heavy (non-hydrogen) atoms. The summed E-state index contributed by atoms with van der Waals surface area (Å²) in [6.07, 6.45) is 0. The molecule has 6 heteroatoms. The Balaban J connectivity index is 2.82. The fourth-order valence-corrected chi connectivity index (χ4v) is 8.74. The number of rotatable bonds is 0. The van der Waals surface area contributed by atoms with Crippen molar-refractivity contribution in [1.82, 2.24) is 0 Å². The van der Waals surface area contributed by atoms with Gasteiger partial charge in [0.25, 0.3) is 0 Å². The largest absolute Gasteiger partial charge is 0.479 e. The van der Waals surface area contributed by atoms with Crippen LogP contribution in [-0.4, -0.2) is 16.5 Å². The van der Waals surface area contributed by atoms with Gasteiger partial charge in [-0.1, -0.05) is 13.8 Å². The van der Waals surface area contributed by atoms with Crippen LogP contribution in [0.25, 0.3) is 0 Å². The molecule has 0 aromatic rings. The highest BCUT2D eigenvalue weighted by molar-refractivity contribution is 7.36. The van der Waals surface area contributed by atoms with Crippen molar-refractivity contribution in [3.8, 4) is 0 Å². The molecule has 1 saturated heterocycles. The lowest BCUT2D eigenvalue weighted by atomic mass is 10.3. The van der Waals surface area contributed by atoms with Crippen LogP contribution in [0.2, 0.25) is 11.1 Å². The van der Waals surface area contributed by atoms with Gasteiger partial charge in [0.15, 0.2) is 0 Å². The van der Waals surface area contributed by atoms with Crippen LogP contribution in [0.4, 0.5) is 16.4 Å². The van der Waals surface area contributed by atoms with E-state index in [-0.39, 0.29) is 0 Å². The van der Waals surface area contributed by atoms with Gasteiger partial charge in [-0.15, -0.1) is 0 Å². The lowest BCUT2D eigenvalue weighted by Crippen LogP contribution is -2.68. The minimum absolute atomic E-state index is 0.992. The molecule has 1 heterocycles. The van der Waals surface area contributed by atoms with Crippen LogP contribution in [0, 0.1) is 0 Å². The molecule has 0 aromatic heterocycles. The highest BCUT2D eigenvalue weighted by Gasteiger charge is 2.82. The molecule has 2 atom stereocenters. The van der Waals surface area contributed by atoms with Crippen LogP contribution >= 0.6 is 0 Å². The van der Waals surface area contributed by atoms with E-state index in [1.54, 1.807) is 0 Å². The second kappa shape index (κ2) is 1.85. The van der Waals surface area contributed by atoms with Crippen LogP contribution in [0.15, 0.2) is 0 Å². The van der Waals surface area contributed by atoms with Crippen molar-refractivity contribution in [2.75, 3.05) is 0 Å². The zero-order valence-electron chi connectivity index (χ0n) is 5.67. The molecule has 0 amide bonds. The van der Waals surface area contributed by atoms with Gasteiger partial charge in [-0.2, -0.15) is 0 Å². The molecule has 1 fully saturated rings. The summed E-state index contributed by atoms with van der Waals surface area (Å²) in [5.41, 5.74) is -1.98. The van der Waals surface area contributed by atoms with Crippen molar-refractivity contribution in [1.29, 1.82) is 0 Å². The zero-order chi connectivity index (χ0) is 8.15. The first-order valence-electron chi connectivity index (χ1n) is 3.07. The molecular formula is C4H8F4Si2. The monoisotopic (exact) mass is 188 g/mol. The van der Waals surface area contributed by atoms with Gasteiger partial charge in [0.1, 0.15) is 0 Å². The highest BCUT2D eigenvalue weighted by atomic mass is 29.3. The van der Waals surface area contributed by atoms with Crippen molar-refractivity contribution in [3.63, 3.8) is 0 Å². The predicted molar refractivity (Wildman–Crippen MR) is 34.8 cm³/mol. The molecule has 0 nitrogen and oxygen atoms in total. The van der Waals surface area contributed by atoms with Gasteiger partial charge >= 0.3 is 16.5 Å². The molecule has 1 rings (SSSR count). The van der Waals surface area contributed by atoms with Gasteiger partial charge in [0, 0.05) is 11.1 Å². The Bertz CT molecular complexity index is 139. The minimum Gasteiger partial charge on any atom is -0.268 e. The van der Waals surface area contributed by atoms with Crippen LogP contribution in [0.1, 0.15) is 13.8 Å². The third kappa shape index (κ3) is 0.660. The lowest BCUT2D eigenvalue weighted by molar-refractivity contribution is 0.443. The second-order valence-electron chi connectivity index (χ2n) is 2.82. The van der Waals surface area contributed by atoms with Gasteiger partial charge in [0.05, 0.1) is 0 Å². The Kier molecular flexibility index (Phi) is 1.52. The van der Waals surface area contributed by atoms with Crippen molar-refractivity contribution >= 4 is 16.5 Å². The van der Waals surface area contributed by atoms with E-state index in [2.05, 4.69) is 0 Å². The SMILES string of the molecule is C[C@@H]1[C@H](C)[Si](F)(F)[Si]1(F)F. The zero-order valence-corrected chi connectivity index (χ0v) is 7.67. The van der Waals surface area contributed by atoms with E-state index in [0.29, 0.717) is 0 Å². The summed E-state index contributed by atoms with van der Waals surface area (Å²) in [5.74, 6) is 0. The number of hydrogen-bond donors (Lipinski definition) is 0. The Labute approximate surface area is 58.7 Å². The fraction of sp³-hybridized carbons (Fsp3) is 1.00. The van der Waals surface area contributed by atoms with Crippen molar-refractivity contribution in [2.45, 2.75) is 24.9 Å². The van der Waals surface area contributed by atoms with E-state index in [4.69, 9.17) is 0 Å². The Morgan fingerprint density at radius 2 is 1.00 bits per heavy atom. The van der Waals surface area contributed by atoms with Crippen molar-refractivity contribution in [3.05, 3.63) is 0 Å². The molecule has 0 N–H and O–H groups in total. The van der Waals surface area contributed by atoms with E-state index in [0.717, 1.165) is 0 Å². The molecule has 0 bridgehead atoms. The molecule has 0 aromatic carbocycles. The minimum atomic E-state index is -5.04. The Hall–Kier alpha value is 0.154. The van der Waals surface area contributed by atoms with Crippen LogP contribution in [0.3, 0.4) is 0 Å². The van der Waals surface area contributed by atoms with Gasteiger partial charge in [-0.05, 0) is 0 Å². The third-order valence-corrected chi connectivity index (χ3v) is 12.2. The first-order valence-corrected chi connectivity index (χ1v) is 7.74. The molecular weight excluding hydrogens is 180 g/mol. The van der Waals surface area contributed by atoms with Crippen LogP contribution < -0.4 is 0 Å². The normalized spacial score (nSPS) is 42.6. The summed E-state index contributed by atoms with van der Waals surface area (Å²) in [6.45, 7) is 2.47. The maximum absolute atomic E-state index is 12.4. The van der Waals surface area contributed by atoms with Crippen LogP contribution in [-0.2, 0) is 0 Å². The fourth-order valence-electron chi connectivity index (χ4n) is 1.14. The topological polar surface area (TPSA) is 0 Å². The molecule has 0 radical (unpaired) electrons. The summed E-state index contributed by atoms with van der Waals surface area (Å²) in [7, 11) is -10.1. The smallest absolute Gasteiger partial charge is 0.268 e. The van der Waals surface area contributed by atoms with Gasteiger partial charge in [-0.3, -0.25) is 16.4 Å². The van der Waals surface area contributed by atoms with Crippen molar-refractivity contribution < 1.29 is 16.4 Å². The first kappa shape index (κ1) is 8.25. The summed E-state index contributed by atoms with van der Waals surface area (Å²) in [5, 5.41) is 0. The number of halogens is 4. The Morgan fingerprint density at radius 3 is 1.10 bits per heavy atom. The van der Waals surface area contributed by atoms with E-state index in [1.807, 2.05) is 0 Å². The maximum Gasteiger partial charge on any atom is 0.479 e. The average molecular weight is 188 g/mol. The first-order chi connectivity index (χ1) is 4.32. The molecule has 0 saturated carbocycles. The lowest BCUT2D eigenvalue weighted by Gasteiger charge is -2.43. The molecule has 1 aliphatic rings. The molecule has 0 spiro atoms. The van der Waals surface area contributed by atoms with E-state index < -0.39 is 27.6 Å². The second-order valence-corrected chi connectivity index (χ2v) is 11.1. The average Bonchev–Trinajstić information content (AvgIpc) is 1.84. The van der Waals surface area contributed by atoms with Gasteiger partial charge in [0.2, 0.25) is 0 Å². The molecule has 0 aliphatic carbocycles. The summed E-state index contributed by atoms with van der Waals surface area (Å²) in [4.78, 5) is 0.